The molecule has 74 valence electrons. The van der Waals surface area contributed by atoms with Crippen LogP contribution in [-0.2, 0) is 13.5 Å². The first kappa shape index (κ1) is 9.14. The number of aryl methyl sites for hydroxylation is 2. The molecule has 0 saturated heterocycles. The zero-order chi connectivity index (χ0) is 10.1. The predicted octanol–water partition coefficient (Wildman–Crippen LogP) is 1.08. The van der Waals surface area contributed by atoms with Crippen molar-refractivity contribution in [3.63, 3.8) is 0 Å². The summed E-state index contributed by atoms with van der Waals surface area (Å²) in [6.07, 6.45) is 2.79. The van der Waals surface area contributed by atoms with Crippen molar-refractivity contribution in [1.29, 1.82) is 0 Å². The standard InChI is InChI=1S/C8H11N5S/c1-3-6-5(4-13(2)11-6)7-10-8(9)14-12-7/h4H,3H2,1-2H3,(H2,9,10,12). The second-order valence-electron chi connectivity index (χ2n) is 2.97. The van der Waals surface area contributed by atoms with Crippen molar-refractivity contribution in [3.8, 4) is 11.4 Å². The fraction of sp³-hybridized carbons (Fsp3) is 0.375. The van der Waals surface area contributed by atoms with Gasteiger partial charge in [-0.15, -0.1) is 0 Å². The summed E-state index contributed by atoms with van der Waals surface area (Å²) in [4.78, 5) is 4.13. The van der Waals surface area contributed by atoms with Gasteiger partial charge in [-0.25, -0.2) is 0 Å². The Morgan fingerprint density at radius 3 is 2.93 bits per heavy atom. The topological polar surface area (TPSA) is 69.6 Å². The van der Waals surface area contributed by atoms with Crippen LogP contribution in [-0.4, -0.2) is 19.1 Å². The highest BCUT2D eigenvalue weighted by atomic mass is 32.1. The van der Waals surface area contributed by atoms with Gasteiger partial charge in [-0.05, 0) is 6.42 Å². The van der Waals surface area contributed by atoms with E-state index in [4.69, 9.17) is 5.73 Å². The van der Waals surface area contributed by atoms with Crippen molar-refractivity contribution in [1.82, 2.24) is 19.1 Å². The van der Waals surface area contributed by atoms with Gasteiger partial charge in [0, 0.05) is 24.8 Å². The number of rotatable bonds is 2. The van der Waals surface area contributed by atoms with E-state index >= 15 is 0 Å². The van der Waals surface area contributed by atoms with Crippen LogP contribution in [0.5, 0.6) is 0 Å². The van der Waals surface area contributed by atoms with E-state index in [9.17, 15) is 0 Å². The van der Waals surface area contributed by atoms with Crippen LogP contribution in [0, 0.1) is 0 Å². The maximum atomic E-state index is 5.53. The monoisotopic (exact) mass is 209 g/mol. The lowest BCUT2D eigenvalue weighted by molar-refractivity contribution is 0.746. The van der Waals surface area contributed by atoms with Crippen LogP contribution >= 0.6 is 11.5 Å². The molecule has 5 nitrogen and oxygen atoms in total. The maximum Gasteiger partial charge on any atom is 0.200 e. The third-order valence-corrected chi connectivity index (χ3v) is 2.47. The normalized spacial score (nSPS) is 10.7. The lowest BCUT2D eigenvalue weighted by Crippen LogP contribution is -1.89. The summed E-state index contributed by atoms with van der Waals surface area (Å²) in [5.74, 6) is 0.678. The van der Waals surface area contributed by atoms with Crippen LogP contribution < -0.4 is 5.73 Å². The Morgan fingerprint density at radius 2 is 2.36 bits per heavy atom. The Labute approximate surface area is 85.8 Å². The van der Waals surface area contributed by atoms with E-state index in [1.807, 2.05) is 13.2 Å². The van der Waals surface area contributed by atoms with E-state index in [1.165, 1.54) is 11.5 Å². The minimum absolute atomic E-state index is 0.492. The van der Waals surface area contributed by atoms with Crippen LogP contribution in [0.1, 0.15) is 12.6 Å². The van der Waals surface area contributed by atoms with Crippen LogP contribution in [0.15, 0.2) is 6.20 Å². The molecule has 2 aromatic rings. The third kappa shape index (κ3) is 1.48. The van der Waals surface area contributed by atoms with Crippen LogP contribution in [0.3, 0.4) is 0 Å². The second-order valence-corrected chi connectivity index (χ2v) is 3.76. The van der Waals surface area contributed by atoms with Crippen molar-refractivity contribution in [2.75, 3.05) is 5.73 Å². The summed E-state index contributed by atoms with van der Waals surface area (Å²) in [6, 6.07) is 0. The molecule has 0 aliphatic rings. The summed E-state index contributed by atoms with van der Waals surface area (Å²) in [7, 11) is 1.89. The number of nitrogens with two attached hydrogens (primary N) is 1. The molecular weight excluding hydrogens is 198 g/mol. The minimum atomic E-state index is 0.492. The predicted molar refractivity (Wildman–Crippen MR) is 55.9 cm³/mol. The molecule has 6 heteroatoms. The van der Waals surface area contributed by atoms with Gasteiger partial charge in [0.2, 0.25) is 0 Å². The zero-order valence-electron chi connectivity index (χ0n) is 8.06. The molecule has 0 radical (unpaired) electrons. The van der Waals surface area contributed by atoms with Gasteiger partial charge in [-0.1, -0.05) is 6.92 Å². The van der Waals surface area contributed by atoms with Gasteiger partial charge in [0.1, 0.15) is 0 Å². The summed E-state index contributed by atoms with van der Waals surface area (Å²) in [6.45, 7) is 2.06. The Hall–Kier alpha value is -1.43. The van der Waals surface area contributed by atoms with Crippen molar-refractivity contribution < 1.29 is 0 Å². The molecule has 0 bridgehead atoms. The molecule has 2 aromatic heterocycles. The fourth-order valence-electron chi connectivity index (χ4n) is 1.33. The third-order valence-electron chi connectivity index (χ3n) is 1.92. The fourth-order valence-corrected chi connectivity index (χ4v) is 1.77. The largest absolute Gasteiger partial charge is 0.374 e. The van der Waals surface area contributed by atoms with Gasteiger partial charge < -0.3 is 5.73 Å². The molecule has 0 aliphatic heterocycles. The molecule has 0 saturated carbocycles. The van der Waals surface area contributed by atoms with E-state index in [2.05, 4.69) is 21.4 Å². The van der Waals surface area contributed by atoms with Crippen molar-refractivity contribution >= 4 is 16.7 Å². The number of anilines is 1. The molecule has 0 unspecified atom stereocenters. The van der Waals surface area contributed by atoms with E-state index in [-0.39, 0.29) is 0 Å². The summed E-state index contributed by atoms with van der Waals surface area (Å²) >= 11 is 1.21. The van der Waals surface area contributed by atoms with E-state index in [0.717, 1.165) is 17.7 Å². The second kappa shape index (κ2) is 3.38. The van der Waals surface area contributed by atoms with E-state index < -0.39 is 0 Å². The minimum Gasteiger partial charge on any atom is -0.374 e. The van der Waals surface area contributed by atoms with Crippen LogP contribution in [0.2, 0.25) is 0 Å². The smallest absolute Gasteiger partial charge is 0.200 e. The summed E-state index contributed by atoms with van der Waals surface area (Å²) in [5.41, 5.74) is 7.51. The first-order valence-electron chi connectivity index (χ1n) is 4.32. The molecule has 0 aliphatic carbocycles. The number of nitrogens with zero attached hydrogens (tertiary/aromatic N) is 4. The maximum absolute atomic E-state index is 5.53. The first-order valence-corrected chi connectivity index (χ1v) is 5.10. The van der Waals surface area contributed by atoms with Crippen molar-refractivity contribution in [2.24, 2.45) is 7.05 Å². The Balaban J connectivity index is 2.49. The molecular formula is C8H11N5S. The van der Waals surface area contributed by atoms with Gasteiger partial charge in [0.15, 0.2) is 11.0 Å². The van der Waals surface area contributed by atoms with Crippen molar-refractivity contribution in [3.05, 3.63) is 11.9 Å². The molecule has 0 aromatic carbocycles. The highest BCUT2D eigenvalue weighted by molar-refractivity contribution is 7.09. The molecule has 2 rings (SSSR count). The number of hydrogen-bond donors (Lipinski definition) is 1. The molecule has 2 N–H and O–H groups in total. The molecule has 0 atom stereocenters. The van der Waals surface area contributed by atoms with Crippen LogP contribution in [0.25, 0.3) is 11.4 Å². The van der Waals surface area contributed by atoms with Gasteiger partial charge in [-0.3, -0.25) is 4.68 Å². The van der Waals surface area contributed by atoms with Crippen LogP contribution in [0.4, 0.5) is 5.13 Å². The molecule has 0 amide bonds. The summed E-state index contributed by atoms with van der Waals surface area (Å²) in [5, 5.41) is 4.81. The SMILES string of the molecule is CCc1nn(C)cc1-c1nsc(N)n1. The van der Waals surface area contributed by atoms with Gasteiger partial charge in [0.25, 0.3) is 0 Å². The molecule has 14 heavy (non-hydrogen) atoms. The first-order chi connectivity index (χ1) is 6.70. The molecule has 0 spiro atoms. The van der Waals surface area contributed by atoms with Gasteiger partial charge >= 0.3 is 0 Å². The molecule has 0 fully saturated rings. The highest BCUT2D eigenvalue weighted by Gasteiger charge is 2.12. The van der Waals surface area contributed by atoms with E-state index in [0.29, 0.717) is 11.0 Å². The van der Waals surface area contributed by atoms with E-state index in [1.54, 1.807) is 4.68 Å². The Bertz CT molecular complexity index is 444. The summed E-state index contributed by atoms with van der Waals surface area (Å²) < 4.78 is 5.93. The average Bonchev–Trinajstić information content (AvgIpc) is 2.71. The number of aromatic nitrogens is 4. The lowest BCUT2D eigenvalue weighted by atomic mass is 10.2. The lowest BCUT2D eigenvalue weighted by Gasteiger charge is -1.91. The Morgan fingerprint density at radius 1 is 1.57 bits per heavy atom. The number of hydrogen-bond acceptors (Lipinski definition) is 5. The molecule has 2 heterocycles. The average molecular weight is 209 g/mol. The number of nitrogen functional groups attached to an aromatic ring is 1. The van der Waals surface area contributed by atoms with Gasteiger partial charge in [-0.2, -0.15) is 14.5 Å². The zero-order valence-corrected chi connectivity index (χ0v) is 8.88. The highest BCUT2D eigenvalue weighted by Crippen LogP contribution is 2.22. The Kier molecular flexibility index (Phi) is 2.20. The quantitative estimate of drug-likeness (QED) is 0.803. The van der Waals surface area contributed by atoms with Gasteiger partial charge in [0.05, 0.1) is 11.3 Å². The van der Waals surface area contributed by atoms with Crippen molar-refractivity contribution in [2.45, 2.75) is 13.3 Å².